The highest BCUT2D eigenvalue weighted by molar-refractivity contribution is 9.10. The number of carbonyl (C=O) groups is 1. The summed E-state index contributed by atoms with van der Waals surface area (Å²) in [6.07, 6.45) is 1.58. The van der Waals surface area contributed by atoms with E-state index in [0.29, 0.717) is 17.1 Å². The highest BCUT2D eigenvalue weighted by Crippen LogP contribution is 2.14. The molecule has 0 atom stereocenters. The molecule has 0 unspecified atom stereocenters. The average Bonchev–Trinajstić information content (AvgIpc) is 2.38. The van der Waals surface area contributed by atoms with Gasteiger partial charge in [0.1, 0.15) is 5.82 Å². The Kier molecular flexibility index (Phi) is 4.11. The Morgan fingerprint density at radius 1 is 1.26 bits per heavy atom. The first-order valence-electron chi connectivity index (χ1n) is 5.37. The monoisotopic (exact) mass is 316 g/mol. The molecular weight excluding hydrogens is 308 g/mol. The summed E-state index contributed by atoms with van der Waals surface area (Å²) in [5.41, 5.74) is 1.03. The van der Waals surface area contributed by atoms with E-state index in [-0.39, 0.29) is 0 Å². The Morgan fingerprint density at radius 2 is 2.11 bits per heavy atom. The van der Waals surface area contributed by atoms with Crippen molar-refractivity contribution in [1.82, 2.24) is 4.98 Å². The van der Waals surface area contributed by atoms with Crippen LogP contribution in [0.4, 0.5) is 16.3 Å². The molecule has 0 radical (unpaired) electrons. The van der Waals surface area contributed by atoms with E-state index < -0.39 is 6.03 Å². The van der Waals surface area contributed by atoms with Crippen LogP contribution in [0.5, 0.6) is 0 Å². The summed E-state index contributed by atoms with van der Waals surface area (Å²) < 4.78 is 0.823. The minimum absolute atomic E-state index is 0.416. The molecule has 2 amide bonds. The van der Waals surface area contributed by atoms with E-state index >= 15 is 0 Å². The number of aromatic nitrogens is 1. The molecule has 5 nitrogen and oxygen atoms in total. The van der Waals surface area contributed by atoms with Crippen LogP contribution in [0.1, 0.15) is 5.56 Å². The summed E-state index contributed by atoms with van der Waals surface area (Å²) >= 11 is 3.29. The quantitative estimate of drug-likeness (QED) is 0.891. The third kappa shape index (κ3) is 3.79. The lowest BCUT2D eigenvalue weighted by molar-refractivity contribution is 0.262. The highest BCUT2D eigenvalue weighted by atomic mass is 79.9. The third-order valence-corrected chi connectivity index (χ3v) is 2.71. The lowest BCUT2D eigenvalue weighted by atomic mass is 10.2. The molecule has 0 spiro atoms. The van der Waals surface area contributed by atoms with Gasteiger partial charge in [-0.3, -0.25) is 5.32 Å². The number of nitriles is 1. The summed E-state index contributed by atoms with van der Waals surface area (Å²) in [5, 5.41) is 14.0. The number of urea groups is 1. The van der Waals surface area contributed by atoms with Gasteiger partial charge in [0, 0.05) is 16.4 Å². The number of carbonyl (C=O) groups excluding carboxylic acids is 1. The van der Waals surface area contributed by atoms with E-state index in [9.17, 15) is 4.79 Å². The van der Waals surface area contributed by atoms with Gasteiger partial charge in [0.05, 0.1) is 11.6 Å². The zero-order valence-corrected chi connectivity index (χ0v) is 11.3. The second-order valence-corrected chi connectivity index (χ2v) is 4.55. The van der Waals surface area contributed by atoms with Gasteiger partial charge in [-0.1, -0.05) is 22.0 Å². The maximum absolute atomic E-state index is 11.7. The summed E-state index contributed by atoms with van der Waals surface area (Å²) in [6.45, 7) is 0. The predicted molar refractivity (Wildman–Crippen MR) is 75.7 cm³/mol. The van der Waals surface area contributed by atoms with Crippen molar-refractivity contribution in [1.29, 1.82) is 5.26 Å². The molecule has 0 fully saturated rings. The maximum atomic E-state index is 11.7. The summed E-state index contributed by atoms with van der Waals surface area (Å²) in [6, 6.07) is 11.7. The Bertz CT molecular complexity index is 651. The molecule has 0 saturated heterocycles. The van der Waals surface area contributed by atoms with E-state index in [1.165, 1.54) is 0 Å². The number of halogens is 1. The van der Waals surface area contributed by atoms with Crippen LogP contribution >= 0.6 is 15.9 Å². The van der Waals surface area contributed by atoms with Gasteiger partial charge in [0.2, 0.25) is 0 Å². The van der Waals surface area contributed by atoms with Gasteiger partial charge in [-0.15, -0.1) is 0 Å². The molecule has 6 heteroatoms. The molecule has 2 N–H and O–H groups in total. The molecule has 19 heavy (non-hydrogen) atoms. The Hall–Kier alpha value is -2.39. The topological polar surface area (TPSA) is 77.8 Å². The van der Waals surface area contributed by atoms with E-state index in [4.69, 9.17) is 5.26 Å². The van der Waals surface area contributed by atoms with Crippen molar-refractivity contribution in [2.45, 2.75) is 0 Å². The molecule has 2 rings (SSSR count). The molecule has 0 aliphatic carbocycles. The number of nitrogens with one attached hydrogen (secondary N) is 2. The molecule has 94 valence electrons. The van der Waals surface area contributed by atoms with Crippen molar-refractivity contribution in [3.63, 3.8) is 0 Å². The van der Waals surface area contributed by atoms with Crippen molar-refractivity contribution in [3.8, 4) is 6.07 Å². The van der Waals surface area contributed by atoms with Gasteiger partial charge < -0.3 is 5.32 Å². The Balaban J connectivity index is 2.03. The minimum Gasteiger partial charge on any atom is -0.308 e. The third-order valence-electron chi connectivity index (χ3n) is 2.21. The van der Waals surface area contributed by atoms with E-state index in [1.54, 1.807) is 42.6 Å². The second-order valence-electron chi connectivity index (χ2n) is 3.63. The summed E-state index contributed by atoms with van der Waals surface area (Å²) in [7, 11) is 0. The van der Waals surface area contributed by atoms with Crippen LogP contribution in [0.25, 0.3) is 0 Å². The standard InChI is InChI=1S/C13H9BrN4O/c14-10-4-5-16-12(7-10)18-13(19)17-11-3-1-2-9(6-11)8-15/h1-7H,(H2,16,17,18,19). The normalized spacial score (nSPS) is 9.47. The van der Waals surface area contributed by atoms with Gasteiger partial charge >= 0.3 is 6.03 Å². The van der Waals surface area contributed by atoms with Gasteiger partial charge in [-0.2, -0.15) is 5.26 Å². The molecule has 0 aliphatic rings. The molecule has 0 aliphatic heterocycles. The molecular formula is C13H9BrN4O. The van der Waals surface area contributed by atoms with Crippen LogP contribution in [0, 0.1) is 11.3 Å². The largest absolute Gasteiger partial charge is 0.324 e. The number of hydrogen-bond acceptors (Lipinski definition) is 3. The van der Waals surface area contributed by atoms with E-state index in [0.717, 1.165) is 4.47 Å². The van der Waals surface area contributed by atoms with Crippen molar-refractivity contribution in [2.75, 3.05) is 10.6 Å². The van der Waals surface area contributed by atoms with Gasteiger partial charge in [0.15, 0.2) is 0 Å². The number of nitrogens with zero attached hydrogens (tertiary/aromatic N) is 2. The molecule has 1 aromatic heterocycles. The Labute approximate surface area is 118 Å². The maximum Gasteiger partial charge on any atom is 0.324 e. The van der Waals surface area contributed by atoms with E-state index in [1.807, 2.05) is 6.07 Å². The highest BCUT2D eigenvalue weighted by Gasteiger charge is 2.04. The number of hydrogen-bond donors (Lipinski definition) is 2. The number of benzene rings is 1. The van der Waals surface area contributed by atoms with Gasteiger partial charge in [0.25, 0.3) is 0 Å². The lowest BCUT2D eigenvalue weighted by Crippen LogP contribution is -2.20. The average molecular weight is 317 g/mol. The summed E-state index contributed by atoms with van der Waals surface area (Å²) in [4.78, 5) is 15.7. The SMILES string of the molecule is N#Cc1cccc(NC(=O)Nc2cc(Br)ccn2)c1. The molecule has 2 aromatic rings. The van der Waals surface area contributed by atoms with Crippen LogP contribution in [0.3, 0.4) is 0 Å². The first-order chi connectivity index (χ1) is 9.17. The van der Waals surface area contributed by atoms with Crippen molar-refractivity contribution < 1.29 is 4.79 Å². The van der Waals surface area contributed by atoms with Crippen LogP contribution in [0.15, 0.2) is 47.1 Å². The molecule has 1 heterocycles. The predicted octanol–water partition coefficient (Wildman–Crippen LogP) is 3.36. The first kappa shape index (κ1) is 13.1. The number of rotatable bonds is 2. The van der Waals surface area contributed by atoms with Crippen LogP contribution < -0.4 is 10.6 Å². The van der Waals surface area contributed by atoms with Gasteiger partial charge in [-0.05, 0) is 30.3 Å². The smallest absolute Gasteiger partial charge is 0.308 e. The molecule has 0 saturated carbocycles. The lowest BCUT2D eigenvalue weighted by Gasteiger charge is -2.07. The second kappa shape index (κ2) is 5.98. The van der Waals surface area contributed by atoms with Crippen LogP contribution in [-0.2, 0) is 0 Å². The first-order valence-corrected chi connectivity index (χ1v) is 6.16. The van der Waals surface area contributed by atoms with Crippen molar-refractivity contribution in [3.05, 3.63) is 52.6 Å². The van der Waals surface area contributed by atoms with Gasteiger partial charge in [-0.25, -0.2) is 9.78 Å². The minimum atomic E-state index is -0.416. The number of amides is 2. The molecule has 0 bridgehead atoms. The number of anilines is 2. The summed E-state index contributed by atoms with van der Waals surface area (Å²) in [5.74, 6) is 0.434. The van der Waals surface area contributed by atoms with Crippen molar-refractivity contribution in [2.24, 2.45) is 0 Å². The Morgan fingerprint density at radius 3 is 2.84 bits per heavy atom. The van der Waals surface area contributed by atoms with Crippen LogP contribution in [-0.4, -0.2) is 11.0 Å². The fourth-order valence-electron chi connectivity index (χ4n) is 1.42. The number of pyridine rings is 1. The van der Waals surface area contributed by atoms with Crippen LogP contribution in [0.2, 0.25) is 0 Å². The fraction of sp³-hybridized carbons (Fsp3) is 0. The zero-order chi connectivity index (χ0) is 13.7. The molecule has 1 aromatic carbocycles. The zero-order valence-electron chi connectivity index (χ0n) is 9.72. The fourth-order valence-corrected chi connectivity index (χ4v) is 1.75. The van der Waals surface area contributed by atoms with Crippen molar-refractivity contribution >= 4 is 33.5 Å². The van der Waals surface area contributed by atoms with E-state index in [2.05, 4.69) is 31.5 Å².